The highest BCUT2D eigenvalue weighted by Crippen LogP contribution is 2.13. The first kappa shape index (κ1) is 23.4. The number of fused-ring (bicyclic) bond motifs is 1. The molecule has 30 heavy (non-hydrogen) atoms. The van der Waals surface area contributed by atoms with Gasteiger partial charge in [0, 0.05) is 19.3 Å². The molecule has 0 atom stereocenters. The van der Waals surface area contributed by atoms with E-state index in [1.54, 1.807) is 0 Å². The Labute approximate surface area is 178 Å². The van der Waals surface area contributed by atoms with Crippen LogP contribution in [0.5, 0.6) is 0 Å². The van der Waals surface area contributed by atoms with Gasteiger partial charge in [-0.1, -0.05) is 19.4 Å². The zero-order valence-electron chi connectivity index (χ0n) is 17.7. The maximum Gasteiger partial charge on any atom is 0.221 e. The SMILES string of the molecule is NCCCO.[B]c1cnn(C(=NCc2nc3ccc(C)cc3[nH]2)NCCCC)c1N. The van der Waals surface area contributed by atoms with Crippen LogP contribution in [0.2, 0.25) is 0 Å². The van der Waals surface area contributed by atoms with Crippen LogP contribution in [0, 0.1) is 6.92 Å². The molecule has 0 bridgehead atoms. The van der Waals surface area contributed by atoms with Crippen LogP contribution in [0.15, 0.2) is 29.4 Å². The summed E-state index contributed by atoms with van der Waals surface area (Å²) in [6.07, 6.45) is 4.36. The molecule has 0 unspecified atom stereocenters. The first-order chi connectivity index (χ1) is 14.5. The third-order valence-corrected chi connectivity index (χ3v) is 4.28. The van der Waals surface area contributed by atoms with Crippen molar-refractivity contribution >= 4 is 36.1 Å². The second-order valence-electron chi connectivity index (χ2n) is 6.89. The number of aliphatic hydroxyl groups excluding tert-OH is 1. The van der Waals surface area contributed by atoms with E-state index in [2.05, 4.69) is 45.3 Å². The average molecular weight is 410 g/mol. The molecule has 0 fully saturated rings. The van der Waals surface area contributed by atoms with Crippen molar-refractivity contribution in [3.05, 3.63) is 35.8 Å². The summed E-state index contributed by atoms with van der Waals surface area (Å²) < 4.78 is 1.53. The molecule has 9 nitrogen and oxygen atoms in total. The van der Waals surface area contributed by atoms with Gasteiger partial charge in [0.2, 0.25) is 5.96 Å². The lowest BCUT2D eigenvalue weighted by Crippen LogP contribution is -2.33. The minimum atomic E-state index is 0.219. The van der Waals surface area contributed by atoms with Gasteiger partial charge in [-0.3, -0.25) is 0 Å². The summed E-state index contributed by atoms with van der Waals surface area (Å²) in [4.78, 5) is 12.5. The van der Waals surface area contributed by atoms with E-state index < -0.39 is 0 Å². The predicted molar refractivity (Wildman–Crippen MR) is 123 cm³/mol. The smallest absolute Gasteiger partial charge is 0.221 e. The number of unbranched alkanes of at least 4 members (excludes halogenated alkanes) is 1. The number of H-pyrrole nitrogens is 1. The predicted octanol–water partition coefficient (Wildman–Crippen LogP) is 0.565. The molecule has 160 valence electrons. The number of nitrogens with two attached hydrogens (primary N) is 2. The third kappa shape index (κ3) is 6.60. The zero-order chi connectivity index (χ0) is 21.9. The van der Waals surface area contributed by atoms with Crippen LogP contribution >= 0.6 is 0 Å². The van der Waals surface area contributed by atoms with Gasteiger partial charge in [0.15, 0.2) is 0 Å². The Morgan fingerprint density at radius 1 is 1.37 bits per heavy atom. The van der Waals surface area contributed by atoms with Gasteiger partial charge in [-0.25, -0.2) is 9.98 Å². The fourth-order valence-corrected chi connectivity index (χ4v) is 2.61. The van der Waals surface area contributed by atoms with Gasteiger partial charge in [0.1, 0.15) is 26.0 Å². The van der Waals surface area contributed by atoms with Crippen molar-refractivity contribution < 1.29 is 5.11 Å². The third-order valence-electron chi connectivity index (χ3n) is 4.28. The van der Waals surface area contributed by atoms with Gasteiger partial charge < -0.3 is 26.9 Å². The number of aliphatic hydroxyl groups is 1. The maximum atomic E-state index is 7.99. The molecule has 7 N–H and O–H groups in total. The Morgan fingerprint density at radius 2 is 2.17 bits per heavy atom. The topological polar surface area (TPSA) is 143 Å². The Hall–Kier alpha value is -2.85. The number of nitrogens with zero attached hydrogens (tertiary/aromatic N) is 4. The second-order valence-corrected chi connectivity index (χ2v) is 6.89. The van der Waals surface area contributed by atoms with Gasteiger partial charge in [0.25, 0.3) is 0 Å². The van der Waals surface area contributed by atoms with E-state index in [0.717, 1.165) is 42.7 Å². The van der Waals surface area contributed by atoms with Crippen LogP contribution in [-0.4, -0.2) is 58.4 Å². The molecule has 0 aliphatic carbocycles. The number of aromatic amines is 1. The number of aromatic nitrogens is 4. The van der Waals surface area contributed by atoms with E-state index in [4.69, 9.17) is 24.4 Å². The van der Waals surface area contributed by atoms with Crippen molar-refractivity contribution in [2.24, 2.45) is 10.7 Å². The van der Waals surface area contributed by atoms with E-state index in [0.29, 0.717) is 30.3 Å². The number of rotatable bonds is 7. The highest BCUT2D eigenvalue weighted by Gasteiger charge is 2.10. The molecule has 0 amide bonds. The molecule has 2 aromatic heterocycles. The van der Waals surface area contributed by atoms with E-state index in [1.807, 2.05) is 12.1 Å². The van der Waals surface area contributed by atoms with Crippen LogP contribution < -0.4 is 22.2 Å². The largest absolute Gasteiger partial charge is 0.396 e. The van der Waals surface area contributed by atoms with Crippen LogP contribution in [0.1, 0.15) is 37.6 Å². The van der Waals surface area contributed by atoms with Gasteiger partial charge in [0.05, 0.1) is 11.0 Å². The highest BCUT2D eigenvalue weighted by atomic mass is 16.3. The van der Waals surface area contributed by atoms with Crippen molar-refractivity contribution in [2.45, 2.75) is 39.7 Å². The monoisotopic (exact) mass is 410 g/mol. The van der Waals surface area contributed by atoms with Gasteiger partial charge in [-0.05, 0) is 49.5 Å². The minimum Gasteiger partial charge on any atom is -0.396 e. The zero-order valence-corrected chi connectivity index (χ0v) is 17.7. The summed E-state index contributed by atoms with van der Waals surface area (Å²) in [5.74, 6) is 1.73. The lowest BCUT2D eigenvalue weighted by molar-refractivity contribution is 0.291. The van der Waals surface area contributed by atoms with Crippen molar-refractivity contribution in [1.29, 1.82) is 0 Å². The van der Waals surface area contributed by atoms with Crippen molar-refractivity contribution in [1.82, 2.24) is 25.1 Å². The van der Waals surface area contributed by atoms with E-state index in [1.165, 1.54) is 16.4 Å². The molecule has 0 saturated carbocycles. The van der Waals surface area contributed by atoms with Crippen molar-refractivity contribution in [2.75, 3.05) is 25.4 Å². The van der Waals surface area contributed by atoms with Crippen molar-refractivity contribution in [3.8, 4) is 0 Å². The lowest BCUT2D eigenvalue weighted by Gasteiger charge is -2.11. The Kier molecular flexibility index (Phi) is 9.36. The van der Waals surface area contributed by atoms with Crippen LogP contribution in [-0.2, 0) is 6.54 Å². The first-order valence-corrected chi connectivity index (χ1v) is 10.1. The molecule has 0 saturated heterocycles. The molecular weight excluding hydrogens is 379 g/mol. The molecule has 2 radical (unpaired) electrons. The first-order valence-electron chi connectivity index (χ1n) is 10.1. The molecule has 0 aliphatic rings. The maximum absolute atomic E-state index is 7.99. The Morgan fingerprint density at radius 3 is 2.77 bits per heavy atom. The number of hydrogen-bond acceptors (Lipinski definition) is 6. The molecule has 3 rings (SSSR count). The number of aliphatic imine (C=N–C) groups is 1. The molecule has 3 aromatic rings. The quantitative estimate of drug-likeness (QED) is 0.167. The summed E-state index contributed by atoms with van der Waals surface area (Å²) in [5, 5.41) is 15.5. The molecule has 2 heterocycles. The normalized spacial score (nSPS) is 11.4. The van der Waals surface area contributed by atoms with Crippen LogP contribution in [0.4, 0.5) is 5.82 Å². The van der Waals surface area contributed by atoms with E-state index in [-0.39, 0.29) is 6.61 Å². The molecule has 0 spiro atoms. The Balaban J connectivity index is 0.000000575. The molecule has 1 aromatic carbocycles. The van der Waals surface area contributed by atoms with Gasteiger partial charge >= 0.3 is 0 Å². The molecular formula is C20H31BN8O. The van der Waals surface area contributed by atoms with Crippen LogP contribution in [0.25, 0.3) is 11.0 Å². The van der Waals surface area contributed by atoms with Crippen molar-refractivity contribution in [3.63, 3.8) is 0 Å². The highest BCUT2D eigenvalue weighted by molar-refractivity contribution is 6.35. The number of hydrogen-bond donors (Lipinski definition) is 5. The number of benzene rings is 1. The fourth-order valence-electron chi connectivity index (χ4n) is 2.61. The van der Waals surface area contributed by atoms with E-state index in [9.17, 15) is 0 Å². The summed E-state index contributed by atoms with van der Waals surface area (Å²) in [6.45, 7) is 6.18. The number of aryl methyl sites for hydroxylation is 1. The molecule has 10 heteroatoms. The number of imidazole rings is 1. The number of anilines is 1. The standard InChI is InChI=1S/C17H22BN7.C3H9NO/c1-3-4-7-20-17(25-16(19)12(18)9-22-25)21-10-15-23-13-6-5-11(2)8-14(13)24-15;4-2-1-3-5/h5-6,8-9H,3-4,7,10,19H2,1-2H3,(H,20,21)(H,23,24);5H,1-4H2. The van der Waals surface area contributed by atoms with Gasteiger partial charge in [-0.15, -0.1) is 0 Å². The summed E-state index contributed by atoms with van der Waals surface area (Å²) in [7, 11) is 5.80. The summed E-state index contributed by atoms with van der Waals surface area (Å²) in [5.41, 5.74) is 14.5. The lowest BCUT2D eigenvalue weighted by atomic mass is 10.0. The molecule has 0 aliphatic heterocycles. The number of nitrogen functional groups attached to an aromatic ring is 1. The summed E-state index contributed by atoms with van der Waals surface area (Å²) >= 11 is 0. The van der Waals surface area contributed by atoms with Crippen LogP contribution in [0.3, 0.4) is 0 Å². The minimum absolute atomic E-state index is 0.219. The number of nitrogens with one attached hydrogen (secondary N) is 2. The second kappa shape index (κ2) is 12.0. The Bertz CT molecular complexity index is 948. The van der Waals surface area contributed by atoms with E-state index >= 15 is 0 Å². The summed E-state index contributed by atoms with van der Waals surface area (Å²) in [6, 6.07) is 6.12. The van der Waals surface area contributed by atoms with Gasteiger partial charge in [-0.2, -0.15) is 9.78 Å². The average Bonchev–Trinajstić information content (AvgIpc) is 3.28. The fraction of sp³-hybridized carbons (Fsp3) is 0.450.